The van der Waals surface area contributed by atoms with Crippen LogP contribution in [0.1, 0.15) is 55.2 Å². The van der Waals surface area contributed by atoms with Crippen LogP contribution in [0.2, 0.25) is 0 Å². The average molecular weight is 386 g/mol. The van der Waals surface area contributed by atoms with Crippen LogP contribution in [0.25, 0.3) is 0 Å². The maximum atomic E-state index is 13.0. The van der Waals surface area contributed by atoms with Crippen LogP contribution in [0.5, 0.6) is 5.75 Å². The van der Waals surface area contributed by atoms with Crippen molar-refractivity contribution in [3.8, 4) is 5.75 Å². The molecule has 1 N–H and O–H groups in total. The fraction of sp³-hybridized carbons (Fsp3) is 0.545. The standard InChI is InChI=1S/C22H31N3O3/c1-21(2,3)19-18(14-25(4)24-19)20(26)23-15-22(10-12-28-13-11-22)16-6-8-17(27-5)9-7-16/h6-9,14H,10-13,15H2,1-5H3,(H,23,26). The molecule has 1 aromatic carbocycles. The summed E-state index contributed by atoms with van der Waals surface area (Å²) >= 11 is 0. The summed E-state index contributed by atoms with van der Waals surface area (Å²) in [7, 11) is 3.52. The average Bonchev–Trinajstić information content (AvgIpc) is 3.09. The number of carbonyl (C=O) groups excluding carboxylic acids is 1. The molecular weight excluding hydrogens is 354 g/mol. The van der Waals surface area contributed by atoms with Crippen LogP contribution in [0.3, 0.4) is 0 Å². The van der Waals surface area contributed by atoms with Crippen LogP contribution in [0, 0.1) is 0 Å². The van der Waals surface area contributed by atoms with Crippen LogP contribution in [-0.4, -0.2) is 42.6 Å². The number of rotatable bonds is 5. The first-order valence-corrected chi connectivity index (χ1v) is 9.80. The topological polar surface area (TPSA) is 65.4 Å². The van der Waals surface area contributed by atoms with E-state index in [1.54, 1.807) is 18.0 Å². The molecule has 1 aliphatic heterocycles. The summed E-state index contributed by atoms with van der Waals surface area (Å²) in [6, 6.07) is 8.16. The first-order valence-electron chi connectivity index (χ1n) is 9.80. The molecule has 0 saturated carbocycles. The molecule has 0 aliphatic carbocycles. The lowest BCUT2D eigenvalue weighted by molar-refractivity contribution is 0.0487. The minimum Gasteiger partial charge on any atom is -0.497 e. The van der Waals surface area contributed by atoms with Gasteiger partial charge in [-0.15, -0.1) is 0 Å². The third-order valence-electron chi connectivity index (χ3n) is 5.52. The molecule has 3 rings (SSSR count). The number of aryl methyl sites for hydroxylation is 1. The van der Waals surface area contributed by atoms with Crippen LogP contribution >= 0.6 is 0 Å². The summed E-state index contributed by atoms with van der Waals surface area (Å²) in [5.74, 6) is 0.762. The number of methoxy groups -OCH3 is 1. The van der Waals surface area contributed by atoms with Gasteiger partial charge in [0.05, 0.1) is 18.4 Å². The maximum absolute atomic E-state index is 13.0. The normalized spacial score (nSPS) is 16.6. The molecule has 0 atom stereocenters. The highest BCUT2D eigenvalue weighted by Gasteiger charge is 2.35. The van der Waals surface area contributed by atoms with E-state index in [4.69, 9.17) is 9.47 Å². The van der Waals surface area contributed by atoms with Crippen molar-refractivity contribution in [2.24, 2.45) is 7.05 Å². The first kappa shape index (κ1) is 20.4. The number of amides is 1. The van der Waals surface area contributed by atoms with Gasteiger partial charge in [-0.1, -0.05) is 32.9 Å². The zero-order chi connectivity index (χ0) is 20.4. The first-order chi connectivity index (χ1) is 13.2. The Morgan fingerprint density at radius 2 is 1.89 bits per heavy atom. The van der Waals surface area contributed by atoms with E-state index in [0.717, 1.165) is 24.3 Å². The third kappa shape index (κ3) is 4.22. The second-order valence-electron chi connectivity index (χ2n) is 8.62. The highest BCUT2D eigenvalue weighted by Crippen LogP contribution is 2.35. The minimum absolute atomic E-state index is 0.0718. The van der Waals surface area contributed by atoms with Crippen molar-refractivity contribution in [3.05, 3.63) is 47.3 Å². The van der Waals surface area contributed by atoms with E-state index in [-0.39, 0.29) is 16.7 Å². The molecule has 1 aliphatic rings. The number of carbonyl (C=O) groups is 1. The monoisotopic (exact) mass is 385 g/mol. The van der Waals surface area contributed by atoms with E-state index in [2.05, 4.69) is 43.3 Å². The van der Waals surface area contributed by atoms with Crippen LogP contribution in [-0.2, 0) is 22.6 Å². The zero-order valence-corrected chi connectivity index (χ0v) is 17.5. The van der Waals surface area contributed by atoms with Crippen molar-refractivity contribution < 1.29 is 14.3 Å². The van der Waals surface area contributed by atoms with Crippen molar-refractivity contribution in [2.75, 3.05) is 26.9 Å². The summed E-state index contributed by atoms with van der Waals surface area (Å²) in [6.45, 7) is 8.18. The highest BCUT2D eigenvalue weighted by molar-refractivity contribution is 5.95. The molecule has 1 saturated heterocycles. The molecule has 6 nitrogen and oxygen atoms in total. The molecule has 0 unspecified atom stereocenters. The van der Waals surface area contributed by atoms with Crippen molar-refractivity contribution in [1.82, 2.24) is 15.1 Å². The summed E-state index contributed by atoms with van der Waals surface area (Å²) < 4.78 is 12.6. The van der Waals surface area contributed by atoms with Crippen LogP contribution in [0.4, 0.5) is 0 Å². The Kier molecular flexibility index (Phi) is 5.79. The van der Waals surface area contributed by atoms with E-state index in [1.807, 2.05) is 19.2 Å². The van der Waals surface area contributed by atoms with Gasteiger partial charge in [0, 0.05) is 43.8 Å². The fourth-order valence-corrected chi connectivity index (χ4v) is 3.83. The third-order valence-corrected chi connectivity index (χ3v) is 5.52. The molecular formula is C22H31N3O3. The Morgan fingerprint density at radius 1 is 1.25 bits per heavy atom. The van der Waals surface area contributed by atoms with Gasteiger partial charge in [0.2, 0.25) is 0 Å². The number of nitrogens with zero attached hydrogens (tertiary/aromatic N) is 2. The predicted molar refractivity (Wildman–Crippen MR) is 109 cm³/mol. The lowest BCUT2D eigenvalue weighted by Gasteiger charge is -2.38. The Balaban J connectivity index is 1.82. The zero-order valence-electron chi connectivity index (χ0n) is 17.5. The number of ether oxygens (including phenoxy) is 2. The van der Waals surface area contributed by atoms with Gasteiger partial charge in [0.1, 0.15) is 5.75 Å². The SMILES string of the molecule is COc1ccc(C2(CNC(=O)c3cn(C)nc3C(C)(C)C)CCOCC2)cc1. The number of hydrogen-bond donors (Lipinski definition) is 1. The molecule has 0 radical (unpaired) electrons. The summed E-state index contributed by atoms with van der Waals surface area (Å²) in [5, 5.41) is 7.70. The fourth-order valence-electron chi connectivity index (χ4n) is 3.83. The lowest BCUT2D eigenvalue weighted by Crippen LogP contribution is -2.44. The van der Waals surface area contributed by atoms with E-state index in [0.29, 0.717) is 25.3 Å². The summed E-state index contributed by atoms with van der Waals surface area (Å²) in [5.41, 5.74) is 2.34. The molecule has 1 fully saturated rings. The van der Waals surface area contributed by atoms with Gasteiger partial charge in [-0.3, -0.25) is 9.48 Å². The summed E-state index contributed by atoms with van der Waals surface area (Å²) in [4.78, 5) is 13.0. The largest absolute Gasteiger partial charge is 0.497 e. The Morgan fingerprint density at radius 3 is 2.46 bits per heavy atom. The highest BCUT2D eigenvalue weighted by atomic mass is 16.5. The van der Waals surface area contributed by atoms with Gasteiger partial charge in [-0.05, 0) is 30.5 Å². The van der Waals surface area contributed by atoms with E-state index >= 15 is 0 Å². The molecule has 0 bridgehead atoms. The molecule has 1 aromatic heterocycles. The van der Waals surface area contributed by atoms with Crippen molar-refractivity contribution in [3.63, 3.8) is 0 Å². The minimum atomic E-state index is -0.194. The second-order valence-corrected chi connectivity index (χ2v) is 8.62. The molecule has 1 amide bonds. The Hall–Kier alpha value is -2.34. The lowest BCUT2D eigenvalue weighted by atomic mass is 9.74. The van der Waals surface area contributed by atoms with Crippen LogP contribution in [0.15, 0.2) is 30.5 Å². The van der Waals surface area contributed by atoms with E-state index in [9.17, 15) is 4.79 Å². The van der Waals surface area contributed by atoms with E-state index in [1.165, 1.54) is 5.56 Å². The quantitative estimate of drug-likeness (QED) is 0.858. The van der Waals surface area contributed by atoms with Gasteiger partial charge in [0.25, 0.3) is 5.91 Å². The second kappa shape index (κ2) is 7.95. The van der Waals surface area contributed by atoms with Gasteiger partial charge in [-0.2, -0.15) is 5.10 Å². The summed E-state index contributed by atoms with van der Waals surface area (Å²) in [6.07, 6.45) is 3.55. The van der Waals surface area contributed by atoms with Gasteiger partial charge in [-0.25, -0.2) is 0 Å². The van der Waals surface area contributed by atoms with Gasteiger partial charge >= 0.3 is 0 Å². The number of benzene rings is 1. The molecule has 2 heterocycles. The van der Waals surface area contributed by atoms with E-state index < -0.39 is 0 Å². The number of aromatic nitrogens is 2. The number of nitrogens with one attached hydrogen (secondary N) is 1. The maximum Gasteiger partial charge on any atom is 0.254 e. The molecule has 6 heteroatoms. The Bertz CT molecular complexity index is 813. The van der Waals surface area contributed by atoms with Gasteiger partial charge in [0.15, 0.2) is 0 Å². The van der Waals surface area contributed by atoms with Crippen molar-refractivity contribution in [1.29, 1.82) is 0 Å². The molecule has 152 valence electrons. The molecule has 0 spiro atoms. The van der Waals surface area contributed by atoms with Crippen molar-refractivity contribution in [2.45, 2.75) is 44.4 Å². The van der Waals surface area contributed by atoms with Crippen LogP contribution < -0.4 is 10.1 Å². The Labute approximate surface area is 167 Å². The molecule has 2 aromatic rings. The van der Waals surface area contributed by atoms with Gasteiger partial charge < -0.3 is 14.8 Å². The molecule has 28 heavy (non-hydrogen) atoms. The number of hydrogen-bond acceptors (Lipinski definition) is 4. The van der Waals surface area contributed by atoms with Crippen molar-refractivity contribution >= 4 is 5.91 Å². The smallest absolute Gasteiger partial charge is 0.254 e. The predicted octanol–water partition coefficient (Wildman–Crippen LogP) is 3.20.